The van der Waals surface area contributed by atoms with Gasteiger partial charge in [0, 0.05) is 18.4 Å². The molecule has 0 amide bonds. The van der Waals surface area contributed by atoms with Crippen LogP contribution in [0, 0.1) is 0 Å². The van der Waals surface area contributed by atoms with Gasteiger partial charge in [-0.2, -0.15) is 4.98 Å². The topological polar surface area (TPSA) is 55.3 Å². The number of nitrogen functional groups attached to an aromatic ring is 1. The number of rotatable bonds is 2. The van der Waals surface area contributed by atoms with Crippen LogP contribution in [-0.4, -0.2) is 30.0 Å². The van der Waals surface area contributed by atoms with Crippen LogP contribution in [0.25, 0.3) is 0 Å². The van der Waals surface area contributed by atoms with Crippen molar-refractivity contribution >= 4 is 6.01 Å². The fourth-order valence-corrected chi connectivity index (χ4v) is 2.46. The van der Waals surface area contributed by atoms with Gasteiger partial charge in [0.05, 0.1) is 5.69 Å². The summed E-state index contributed by atoms with van der Waals surface area (Å²) in [6.45, 7) is 6.48. The van der Waals surface area contributed by atoms with Crippen LogP contribution in [0.4, 0.5) is 6.01 Å². The van der Waals surface area contributed by atoms with Crippen molar-refractivity contribution in [1.29, 1.82) is 0 Å². The SMILES string of the molecule is CC(C)c1oc(N)nc1C1CCCN(C)C1. The van der Waals surface area contributed by atoms with Crippen molar-refractivity contribution in [2.24, 2.45) is 0 Å². The molecule has 1 unspecified atom stereocenters. The number of piperidine rings is 1. The lowest BCUT2D eigenvalue weighted by atomic mass is 9.92. The van der Waals surface area contributed by atoms with Crippen molar-refractivity contribution in [3.05, 3.63) is 11.5 Å². The smallest absolute Gasteiger partial charge is 0.292 e. The number of nitrogens with two attached hydrogens (primary N) is 1. The van der Waals surface area contributed by atoms with Gasteiger partial charge in [0.25, 0.3) is 6.01 Å². The Morgan fingerprint density at radius 1 is 1.50 bits per heavy atom. The minimum Gasteiger partial charge on any atom is -0.428 e. The van der Waals surface area contributed by atoms with Crippen LogP contribution in [0.3, 0.4) is 0 Å². The predicted molar refractivity (Wildman–Crippen MR) is 64.5 cm³/mol. The molecule has 0 radical (unpaired) electrons. The van der Waals surface area contributed by atoms with E-state index >= 15 is 0 Å². The quantitative estimate of drug-likeness (QED) is 0.835. The molecule has 2 rings (SSSR count). The average molecular weight is 223 g/mol. The average Bonchev–Trinajstić information content (AvgIpc) is 2.60. The molecule has 0 saturated carbocycles. The van der Waals surface area contributed by atoms with Crippen molar-refractivity contribution < 1.29 is 4.42 Å². The number of nitrogens with zero attached hydrogens (tertiary/aromatic N) is 2. The lowest BCUT2D eigenvalue weighted by Gasteiger charge is -2.29. The summed E-state index contributed by atoms with van der Waals surface area (Å²) in [6.07, 6.45) is 2.42. The maximum Gasteiger partial charge on any atom is 0.292 e. The first-order valence-corrected chi connectivity index (χ1v) is 6.02. The molecule has 1 fully saturated rings. The first kappa shape index (κ1) is 11.5. The summed E-state index contributed by atoms with van der Waals surface area (Å²) in [6, 6.07) is 0.312. The summed E-state index contributed by atoms with van der Waals surface area (Å²) in [5.41, 5.74) is 6.75. The highest BCUT2D eigenvalue weighted by molar-refractivity contribution is 5.26. The molecule has 0 aliphatic carbocycles. The molecule has 1 atom stereocenters. The lowest BCUT2D eigenvalue weighted by molar-refractivity contribution is 0.247. The Labute approximate surface area is 96.8 Å². The summed E-state index contributed by atoms with van der Waals surface area (Å²) in [5, 5.41) is 0. The summed E-state index contributed by atoms with van der Waals surface area (Å²) in [7, 11) is 2.16. The second kappa shape index (κ2) is 4.45. The van der Waals surface area contributed by atoms with E-state index in [2.05, 4.69) is 30.8 Å². The molecule has 1 aromatic heterocycles. The molecule has 1 aliphatic heterocycles. The Balaban J connectivity index is 2.24. The summed E-state index contributed by atoms with van der Waals surface area (Å²) >= 11 is 0. The molecule has 4 heteroatoms. The van der Waals surface area contributed by atoms with Gasteiger partial charge in [-0.1, -0.05) is 13.8 Å². The maximum absolute atomic E-state index is 5.67. The van der Waals surface area contributed by atoms with Crippen molar-refractivity contribution in [3.63, 3.8) is 0 Å². The number of likely N-dealkylation sites (N-methyl/N-ethyl adjacent to an activating group) is 1. The molecule has 1 aliphatic rings. The molecule has 2 N–H and O–H groups in total. The van der Waals surface area contributed by atoms with Gasteiger partial charge in [0.2, 0.25) is 0 Å². The van der Waals surface area contributed by atoms with Crippen molar-refractivity contribution in [3.8, 4) is 0 Å². The minimum absolute atomic E-state index is 0.312. The van der Waals surface area contributed by atoms with E-state index in [0.29, 0.717) is 17.9 Å². The summed E-state index contributed by atoms with van der Waals surface area (Å²) < 4.78 is 5.51. The van der Waals surface area contributed by atoms with Crippen molar-refractivity contribution in [1.82, 2.24) is 9.88 Å². The standard InChI is InChI=1S/C12H21N3O/c1-8(2)11-10(14-12(13)16-11)9-5-4-6-15(3)7-9/h8-9H,4-7H2,1-3H3,(H2,13,14). The van der Waals surface area contributed by atoms with E-state index in [1.165, 1.54) is 19.4 Å². The Bertz CT molecular complexity index is 359. The van der Waals surface area contributed by atoms with Crippen molar-refractivity contribution in [2.45, 2.75) is 38.5 Å². The van der Waals surface area contributed by atoms with E-state index in [4.69, 9.17) is 10.2 Å². The molecule has 0 spiro atoms. The van der Waals surface area contributed by atoms with Crippen LogP contribution in [0.15, 0.2) is 4.42 Å². The van der Waals surface area contributed by atoms with Gasteiger partial charge in [-0.05, 0) is 26.4 Å². The fraction of sp³-hybridized carbons (Fsp3) is 0.750. The van der Waals surface area contributed by atoms with Crippen LogP contribution in [0.5, 0.6) is 0 Å². The van der Waals surface area contributed by atoms with E-state index in [0.717, 1.165) is 18.0 Å². The number of oxazole rings is 1. The van der Waals surface area contributed by atoms with Crippen LogP contribution >= 0.6 is 0 Å². The highest BCUT2D eigenvalue weighted by Gasteiger charge is 2.26. The maximum atomic E-state index is 5.67. The number of hydrogen-bond acceptors (Lipinski definition) is 4. The Morgan fingerprint density at radius 3 is 2.88 bits per heavy atom. The van der Waals surface area contributed by atoms with E-state index in [-0.39, 0.29) is 0 Å². The Morgan fingerprint density at radius 2 is 2.25 bits per heavy atom. The second-order valence-corrected chi connectivity index (χ2v) is 5.06. The number of hydrogen-bond donors (Lipinski definition) is 1. The van der Waals surface area contributed by atoms with Gasteiger partial charge in [0.1, 0.15) is 5.76 Å². The lowest BCUT2D eigenvalue weighted by Crippen LogP contribution is -2.31. The van der Waals surface area contributed by atoms with E-state index in [9.17, 15) is 0 Å². The zero-order chi connectivity index (χ0) is 11.7. The zero-order valence-electron chi connectivity index (χ0n) is 10.4. The first-order valence-electron chi connectivity index (χ1n) is 6.02. The monoisotopic (exact) mass is 223 g/mol. The normalized spacial score (nSPS) is 22.9. The molecule has 4 nitrogen and oxygen atoms in total. The van der Waals surface area contributed by atoms with Crippen LogP contribution < -0.4 is 5.73 Å². The van der Waals surface area contributed by atoms with Gasteiger partial charge < -0.3 is 15.1 Å². The highest BCUT2D eigenvalue weighted by Crippen LogP contribution is 2.32. The second-order valence-electron chi connectivity index (χ2n) is 5.06. The molecule has 2 heterocycles. The third-order valence-electron chi connectivity index (χ3n) is 3.23. The molecule has 1 aromatic rings. The van der Waals surface area contributed by atoms with Gasteiger partial charge in [-0.3, -0.25) is 0 Å². The third-order valence-corrected chi connectivity index (χ3v) is 3.23. The number of likely N-dealkylation sites (tertiary alicyclic amines) is 1. The number of anilines is 1. The van der Waals surface area contributed by atoms with E-state index in [1.807, 2.05) is 0 Å². The molecule has 90 valence electrons. The zero-order valence-corrected chi connectivity index (χ0v) is 10.4. The van der Waals surface area contributed by atoms with E-state index < -0.39 is 0 Å². The Hall–Kier alpha value is -1.03. The molecule has 1 saturated heterocycles. The van der Waals surface area contributed by atoms with Crippen LogP contribution in [0.2, 0.25) is 0 Å². The van der Waals surface area contributed by atoms with Gasteiger partial charge >= 0.3 is 0 Å². The predicted octanol–water partition coefficient (Wildman–Crippen LogP) is 2.19. The molecule has 0 aromatic carbocycles. The fourth-order valence-electron chi connectivity index (χ4n) is 2.46. The first-order chi connectivity index (χ1) is 7.58. The van der Waals surface area contributed by atoms with Crippen LogP contribution in [0.1, 0.15) is 50.0 Å². The highest BCUT2D eigenvalue weighted by atomic mass is 16.4. The van der Waals surface area contributed by atoms with E-state index in [1.54, 1.807) is 0 Å². The largest absolute Gasteiger partial charge is 0.428 e. The van der Waals surface area contributed by atoms with Gasteiger partial charge in [-0.15, -0.1) is 0 Å². The molecule has 0 bridgehead atoms. The molecule has 16 heavy (non-hydrogen) atoms. The van der Waals surface area contributed by atoms with Gasteiger partial charge in [-0.25, -0.2) is 0 Å². The molecular weight excluding hydrogens is 202 g/mol. The van der Waals surface area contributed by atoms with Crippen LogP contribution in [-0.2, 0) is 0 Å². The minimum atomic E-state index is 0.312. The Kier molecular flexibility index (Phi) is 3.19. The van der Waals surface area contributed by atoms with Gasteiger partial charge in [0.15, 0.2) is 0 Å². The number of aromatic nitrogens is 1. The summed E-state index contributed by atoms with van der Waals surface area (Å²) in [4.78, 5) is 6.72. The summed E-state index contributed by atoms with van der Waals surface area (Å²) in [5.74, 6) is 1.81. The third kappa shape index (κ3) is 2.21. The molecular formula is C12H21N3O. The van der Waals surface area contributed by atoms with Crippen molar-refractivity contribution in [2.75, 3.05) is 25.9 Å².